The first-order chi connectivity index (χ1) is 18.6. The maximum absolute atomic E-state index is 12.1. The normalized spacial score (nSPS) is 11.2. The molecule has 0 aliphatic heterocycles. The largest absolute Gasteiger partial charge is 0.477 e. The summed E-state index contributed by atoms with van der Waals surface area (Å²) in [5.41, 5.74) is 3.96. The average molecular weight is 575 g/mol. The summed E-state index contributed by atoms with van der Waals surface area (Å²) in [6, 6.07) is 6.78. The number of hydrogen-bond acceptors (Lipinski definition) is 9. The van der Waals surface area contributed by atoms with Crippen LogP contribution in [0.15, 0.2) is 47.8 Å². The molecule has 0 aromatic carbocycles. The van der Waals surface area contributed by atoms with Crippen molar-refractivity contribution in [3.05, 3.63) is 81.7 Å². The van der Waals surface area contributed by atoms with E-state index in [0.717, 1.165) is 22.5 Å². The number of nitrogens with zero attached hydrogens (tertiary/aromatic N) is 2. The van der Waals surface area contributed by atoms with Crippen molar-refractivity contribution in [3.63, 3.8) is 0 Å². The zero-order chi connectivity index (χ0) is 29.5. The minimum Gasteiger partial charge on any atom is -0.477 e. The number of pyridine rings is 2. The molecule has 0 unspecified atom stereocenters. The third kappa shape index (κ3) is 9.88. The number of aryl methyl sites for hydroxylation is 2. The number of allylic oxidation sites excluding steroid dienone is 2. The van der Waals surface area contributed by atoms with Crippen molar-refractivity contribution < 1.29 is 29.0 Å². The van der Waals surface area contributed by atoms with Crippen LogP contribution < -0.4 is 10.6 Å². The van der Waals surface area contributed by atoms with Crippen molar-refractivity contribution >= 4 is 49.0 Å². The second-order valence-electron chi connectivity index (χ2n) is 7.74. The highest BCUT2D eigenvalue weighted by atomic mass is 32.1. The molecule has 0 radical (unpaired) electrons. The molecule has 0 bridgehead atoms. The summed E-state index contributed by atoms with van der Waals surface area (Å²) in [7, 11) is 1.26. The molecule has 0 atom stereocenters. The summed E-state index contributed by atoms with van der Waals surface area (Å²) in [5.74, 6) is -1.63. The van der Waals surface area contributed by atoms with E-state index in [1.54, 1.807) is 32.0 Å². The summed E-state index contributed by atoms with van der Waals surface area (Å²) in [6.45, 7) is 7.08. The van der Waals surface area contributed by atoms with Gasteiger partial charge in [0.05, 0.1) is 7.11 Å². The molecular weight excluding hydrogens is 540 g/mol. The summed E-state index contributed by atoms with van der Waals surface area (Å²) < 4.78 is 4.57. The zero-order valence-electron chi connectivity index (χ0n) is 22.6. The van der Waals surface area contributed by atoms with Gasteiger partial charge in [0.2, 0.25) is 0 Å². The summed E-state index contributed by atoms with van der Waals surface area (Å²) in [5, 5.41) is 13.6. The highest BCUT2D eigenvalue weighted by molar-refractivity contribution is 7.79. The molecule has 3 N–H and O–H groups in total. The van der Waals surface area contributed by atoms with E-state index in [1.165, 1.54) is 19.3 Å². The molecule has 0 aliphatic carbocycles. The van der Waals surface area contributed by atoms with Crippen LogP contribution in [0.3, 0.4) is 0 Å². The van der Waals surface area contributed by atoms with Gasteiger partial charge in [-0.3, -0.25) is 9.59 Å². The molecule has 10 nitrogen and oxygen atoms in total. The SMILES string of the molecule is C/C=C(/NC(=O)c1ccc(CS)c(CC)n1)C(=O)O.C/C=C(/NC(=O)c1ccc(CS)c(CC)n1)C(=O)OC. The first-order valence-corrected chi connectivity index (χ1v) is 13.3. The summed E-state index contributed by atoms with van der Waals surface area (Å²) in [6.07, 6.45) is 4.20. The van der Waals surface area contributed by atoms with Crippen molar-refractivity contribution in [2.24, 2.45) is 0 Å². The van der Waals surface area contributed by atoms with Gasteiger partial charge in [-0.15, -0.1) is 0 Å². The molecule has 0 fully saturated rings. The third-order valence-electron chi connectivity index (χ3n) is 5.32. The molecule has 210 valence electrons. The van der Waals surface area contributed by atoms with Crippen LogP contribution in [0.1, 0.15) is 71.2 Å². The van der Waals surface area contributed by atoms with Crippen LogP contribution in [-0.4, -0.2) is 45.9 Å². The first-order valence-electron chi connectivity index (χ1n) is 12.1. The molecule has 0 aliphatic rings. The molecule has 2 aromatic rings. The Labute approximate surface area is 239 Å². The highest BCUT2D eigenvalue weighted by Gasteiger charge is 2.16. The van der Waals surface area contributed by atoms with Gasteiger partial charge in [0.1, 0.15) is 22.8 Å². The Morgan fingerprint density at radius 1 is 0.821 bits per heavy atom. The number of nitrogens with one attached hydrogen (secondary N) is 2. The number of esters is 1. The Kier molecular flexibility index (Phi) is 14.6. The van der Waals surface area contributed by atoms with Gasteiger partial charge in [-0.2, -0.15) is 25.3 Å². The van der Waals surface area contributed by atoms with Crippen LogP contribution in [-0.2, 0) is 38.7 Å². The van der Waals surface area contributed by atoms with E-state index < -0.39 is 23.8 Å². The number of aliphatic carboxylic acids is 1. The van der Waals surface area contributed by atoms with E-state index in [4.69, 9.17) is 5.11 Å². The van der Waals surface area contributed by atoms with E-state index in [0.29, 0.717) is 24.3 Å². The number of carbonyl (C=O) groups is 4. The number of hydrogen-bond donors (Lipinski definition) is 5. The second kappa shape index (κ2) is 17.0. The monoisotopic (exact) mass is 574 g/mol. The number of carboxylic acid groups (broad SMARTS) is 1. The fraction of sp³-hybridized carbons (Fsp3) is 0.333. The molecular formula is C27H34N4O6S2. The number of methoxy groups -OCH3 is 1. The van der Waals surface area contributed by atoms with Gasteiger partial charge in [-0.25, -0.2) is 19.6 Å². The Bertz CT molecular complexity index is 1260. The molecule has 2 heterocycles. The standard InChI is InChI=1S/C14H18N2O3S.C13H16N2O3S/c1-4-10-9(8-20)6-7-12(15-10)13(17)16-11(5-2)14(18)19-3;1-3-9-8(7-19)5-6-11(14-9)12(16)15-10(4-2)13(17)18/h5-7,20H,4,8H2,1-3H3,(H,16,17);4-6,19H,3,7H2,1-2H3,(H,15,16)(H,17,18)/b11-5+;10-4+. The maximum Gasteiger partial charge on any atom is 0.354 e. The van der Waals surface area contributed by atoms with Gasteiger partial charge in [0.25, 0.3) is 11.8 Å². The molecule has 0 saturated carbocycles. The van der Waals surface area contributed by atoms with Gasteiger partial charge in [-0.1, -0.05) is 38.1 Å². The van der Waals surface area contributed by atoms with E-state index >= 15 is 0 Å². The number of amides is 2. The molecule has 2 rings (SSSR count). The quantitative estimate of drug-likeness (QED) is 0.164. The van der Waals surface area contributed by atoms with Gasteiger partial charge in [0, 0.05) is 22.9 Å². The minimum atomic E-state index is -1.18. The Balaban J connectivity index is 0.000000391. The van der Waals surface area contributed by atoms with Crippen LogP contribution in [0.25, 0.3) is 0 Å². The van der Waals surface area contributed by atoms with E-state index in [9.17, 15) is 19.2 Å². The lowest BCUT2D eigenvalue weighted by atomic mass is 10.1. The number of rotatable bonds is 10. The number of carbonyl (C=O) groups excluding carboxylic acids is 3. The summed E-state index contributed by atoms with van der Waals surface area (Å²) >= 11 is 8.41. The first kappa shape index (κ1) is 33.4. The van der Waals surface area contributed by atoms with E-state index in [-0.39, 0.29) is 22.8 Å². The van der Waals surface area contributed by atoms with Gasteiger partial charge in [-0.05, 0) is 49.9 Å². The predicted molar refractivity (Wildman–Crippen MR) is 155 cm³/mol. The molecule has 0 spiro atoms. The van der Waals surface area contributed by atoms with Crippen LogP contribution in [0.5, 0.6) is 0 Å². The van der Waals surface area contributed by atoms with Gasteiger partial charge < -0.3 is 20.5 Å². The lowest BCUT2D eigenvalue weighted by Gasteiger charge is -2.09. The van der Waals surface area contributed by atoms with Crippen LogP contribution in [0.4, 0.5) is 0 Å². The molecule has 0 saturated heterocycles. The topological polar surface area (TPSA) is 148 Å². The third-order valence-corrected chi connectivity index (χ3v) is 6.00. The number of aromatic nitrogens is 2. The van der Waals surface area contributed by atoms with Crippen molar-refractivity contribution in [2.75, 3.05) is 7.11 Å². The molecule has 12 heteroatoms. The van der Waals surface area contributed by atoms with Crippen molar-refractivity contribution in [3.8, 4) is 0 Å². The van der Waals surface area contributed by atoms with Gasteiger partial charge >= 0.3 is 11.9 Å². The van der Waals surface area contributed by atoms with Crippen molar-refractivity contribution in [1.29, 1.82) is 0 Å². The Morgan fingerprint density at radius 3 is 1.54 bits per heavy atom. The zero-order valence-corrected chi connectivity index (χ0v) is 24.4. The predicted octanol–water partition coefficient (Wildman–Crippen LogP) is 3.67. The summed E-state index contributed by atoms with van der Waals surface area (Å²) in [4.78, 5) is 54.7. The lowest BCUT2D eigenvalue weighted by Crippen LogP contribution is -2.29. The number of thiol groups is 2. The van der Waals surface area contributed by atoms with E-state index in [2.05, 4.69) is 50.6 Å². The van der Waals surface area contributed by atoms with Crippen molar-refractivity contribution in [1.82, 2.24) is 20.6 Å². The lowest BCUT2D eigenvalue weighted by molar-refractivity contribution is -0.136. The van der Waals surface area contributed by atoms with Crippen LogP contribution >= 0.6 is 25.3 Å². The van der Waals surface area contributed by atoms with Gasteiger partial charge in [0.15, 0.2) is 0 Å². The Morgan fingerprint density at radius 2 is 1.23 bits per heavy atom. The average Bonchev–Trinajstić information content (AvgIpc) is 2.97. The molecule has 2 amide bonds. The van der Waals surface area contributed by atoms with Crippen LogP contribution in [0, 0.1) is 0 Å². The smallest absolute Gasteiger partial charge is 0.354 e. The van der Waals surface area contributed by atoms with Crippen LogP contribution in [0.2, 0.25) is 0 Å². The Hall–Kier alpha value is -3.64. The molecule has 39 heavy (non-hydrogen) atoms. The highest BCUT2D eigenvalue weighted by Crippen LogP contribution is 2.13. The second-order valence-corrected chi connectivity index (χ2v) is 8.37. The fourth-order valence-corrected chi connectivity index (χ4v) is 3.76. The number of ether oxygens (including phenoxy) is 1. The number of carboxylic acids is 1. The molecule has 2 aromatic heterocycles. The maximum atomic E-state index is 12.1. The fourth-order valence-electron chi connectivity index (χ4n) is 3.19. The van der Waals surface area contributed by atoms with E-state index in [1.807, 2.05) is 19.9 Å². The minimum absolute atomic E-state index is 0.0932. The van der Waals surface area contributed by atoms with Crippen molar-refractivity contribution in [2.45, 2.75) is 52.0 Å².